The quantitative estimate of drug-likeness (QED) is 0.160. The molecule has 4 aromatic carbocycles. The molecule has 0 aliphatic carbocycles. The molecule has 42 heavy (non-hydrogen) atoms. The lowest BCUT2D eigenvalue weighted by molar-refractivity contribution is 0.0830. The third-order valence-electron chi connectivity index (χ3n) is 7.24. The fourth-order valence-corrected chi connectivity index (χ4v) is 5.30. The molecule has 0 fully saturated rings. The third kappa shape index (κ3) is 4.25. The molecular weight excluding hydrogens is 552 g/mol. The Bertz CT molecular complexity index is 1690. The number of Topliss-reactive ketones (excluding diaryl/α,β-unsaturated/α-hetero) is 2. The van der Waals surface area contributed by atoms with Gasteiger partial charge in [-0.2, -0.15) is 0 Å². The van der Waals surface area contributed by atoms with Crippen LogP contribution in [0.25, 0.3) is 11.1 Å². The van der Waals surface area contributed by atoms with E-state index in [0.717, 1.165) is 24.3 Å². The first-order chi connectivity index (χ1) is 19.9. The predicted molar refractivity (Wildman–Crippen MR) is 143 cm³/mol. The number of fused-ring (bicyclic) bond motifs is 2. The molecule has 6 rings (SSSR count). The number of phenols is 8. The number of phenolic OH excluding ortho intramolecular Hbond substituents is 8. The van der Waals surface area contributed by atoms with Gasteiger partial charge in [0.1, 0.15) is 57.8 Å². The molecule has 2 atom stereocenters. The van der Waals surface area contributed by atoms with Gasteiger partial charge in [-0.3, -0.25) is 9.59 Å². The Balaban J connectivity index is 1.41. The van der Waals surface area contributed by atoms with Crippen LogP contribution < -0.4 is 9.47 Å². The maximum atomic E-state index is 12.8. The number of ether oxygens (including phenoxy) is 2. The zero-order chi connectivity index (χ0) is 30.0. The average molecular weight is 574 g/mol. The zero-order valence-corrected chi connectivity index (χ0v) is 21.4. The first-order valence-corrected chi connectivity index (χ1v) is 12.5. The molecule has 0 saturated heterocycles. The molecule has 0 spiro atoms. The normalized spacial score (nSPS) is 17.6. The van der Waals surface area contributed by atoms with Crippen LogP contribution in [0.5, 0.6) is 57.5 Å². The van der Waals surface area contributed by atoms with Gasteiger partial charge in [0.15, 0.2) is 34.6 Å². The molecule has 8 N–H and O–H groups in total. The lowest BCUT2D eigenvalue weighted by Crippen LogP contribution is -2.21. The molecule has 214 valence electrons. The van der Waals surface area contributed by atoms with Gasteiger partial charge in [-0.15, -0.1) is 0 Å². The van der Waals surface area contributed by atoms with Gasteiger partial charge in [0.2, 0.25) is 0 Å². The molecule has 0 saturated carbocycles. The van der Waals surface area contributed by atoms with Gasteiger partial charge in [0.25, 0.3) is 0 Å². The molecule has 12 heteroatoms. The Labute approximate surface area is 236 Å². The van der Waals surface area contributed by atoms with Crippen molar-refractivity contribution in [2.24, 2.45) is 0 Å². The van der Waals surface area contributed by atoms with Crippen LogP contribution in [-0.4, -0.2) is 52.4 Å². The average Bonchev–Trinajstić information content (AvgIpc) is 2.90. The highest BCUT2D eigenvalue weighted by atomic mass is 16.5. The van der Waals surface area contributed by atoms with E-state index < -0.39 is 58.3 Å². The van der Waals surface area contributed by atoms with Crippen molar-refractivity contribution in [2.75, 3.05) is 0 Å². The van der Waals surface area contributed by atoms with Gasteiger partial charge < -0.3 is 50.3 Å². The van der Waals surface area contributed by atoms with Crippen molar-refractivity contribution in [3.05, 3.63) is 70.8 Å². The maximum Gasteiger partial charge on any atom is 0.174 e. The third-order valence-corrected chi connectivity index (χ3v) is 7.24. The van der Waals surface area contributed by atoms with Crippen molar-refractivity contribution in [1.82, 2.24) is 0 Å². The second kappa shape index (κ2) is 9.41. The first-order valence-electron chi connectivity index (χ1n) is 12.5. The monoisotopic (exact) mass is 574 g/mol. The van der Waals surface area contributed by atoms with Gasteiger partial charge in [0, 0.05) is 35.4 Å². The molecule has 0 bridgehead atoms. The van der Waals surface area contributed by atoms with Crippen molar-refractivity contribution >= 4 is 11.6 Å². The number of carbonyl (C=O) groups excluding carboxylic acids is 2. The Kier molecular flexibility index (Phi) is 5.92. The van der Waals surface area contributed by atoms with Crippen LogP contribution in [0.2, 0.25) is 0 Å². The van der Waals surface area contributed by atoms with Gasteiger partial charge in [-0.25, -0.2) is 0 Å². The van der Waals surface area contributed by atoms with Gasteiger partial charge in [-0.1, -0.05) is 0 Å². The molecule has 2 heterocycles. The topological polar surface area (TPSA) is 214 Å². The molecule has 0 aromatic heterocycles. The van der Waals surface area contributed by atoms with Crippen molar-refractivity contribution in [3.63, 3.8) is 0 Å². The predicted octanol–water partition coefficient (Wildman–Crippen LogP) is 4.41. The molecule has 12 nitrogen and oxygen atoms in total. The van der Waals surface area contributed by atoms with E-state index in [4.69, 9.17) is 9.47 Å². The standard InChI is InChI=1S/C30H22O12/c31-13-5-17(33)27-19(35)9-23(41-25(27)7-13)15-1-11(3-21(37)29(15)39)12-2-16(30(40)22(38)4-12)24-10-20(36)28-18(34)6-14(32)8-26(28)42-24/h1-8,23-24,31-34,37-40H,9-10H2. The summed E-state index contributed by atoms with van der Waals surface area (Å²) >= 11 is 0. The largest absolute Gasteiger partial charge is 0.508 e. The first kappa shape index (κ1) is 26.4. The van der Waals surface area contributed by atoms with Crippen molar-refractivity contribution in [2.45, 2.75) is 25.0 Å². The van der Waals surface area contributed by atoms with Crippen LogP contribution in [0.3, 0.4) is 0 Å². The van der Waals surface area contributed by atoms with E-state index in [9.17, 15) is 50.4 Å². The summed E-state index contributed by atoms with van der Waals surface area (Å²) in [7, 11) is 0. The highest BCUT2D eigenvalue weighted by molar-refractivity contribution is 6.03. The highest BCUT2D eigenvalue weighted by Crippen LogP contribution is 2.49. The van der Waals surface area contributed by atoms with E-state index >= 15 is 0 Å². The summed E-state index contributed by atoms with van der Waals surface area (Å²) in [5.41, 5.74) is 0.0879. The zero-order valence-electron chi connectivity index (χ0n) is 21.4. The molecular formula is C30H22O12. The minimum atomic E-state index is -1.14. The van der Waals surface area contributed by atoms with E-state index in [0.29, 0.717) is 0 Å². The minimum Gasteiger partial charge on any atom is -0.508 e. The SMILES string of the molecule is O=C1CC(c2cc(-c3cc(O)c(O)c(C4CC(=O)c5c(O)cc(O)cc5O4)c3)cc(O)c2O)Oc2cc(O)cc(O)c21. The Hall–Kier alpha value is -5.78. The second-order valence-corrected chi connectivity index (χ2v) is 10.0. The molecule has 2 aliphatic rings. The van der Waals surface area contributed by atoms with Gasteiger partial charge in [-0.05, 0) is 35.4 Å². The summed E-state index contributed by atoms with van der Waals surface area (Å²) in [6.45, 7) is 0. The fraction of sp³-hybridized carbons (Fsp3) is 0.133. The molecule has 0 amide bonds. The number of ketones is 2. The van der Waals surface area contributed by atoms with Crippen LogP contribution in [0.4, 0.5) is 0 Å². The number of aromatic hydroxyl groups is 8. The van der Waals surface area contributed by atoms with Crippen LogP contribution in [0, 0.1) is 0 Å². The lowest BCUT2D eigenvalue weighted by Gasteiger charge is -2.28. The summed E-state index contributed by atoms with van der Waals surface area (Å²) in [4.78, 5) is 25.6. The number of carbonyl (C=O) groups is 2. The number of hydrogen-bond acceptors (Lipinski definition) is 12. The van der Waals surface area contributed by atoms with E-state index in [2.05, 4.69) is 0 Å². The summed E-state index contributed by atoms with van der Waals surface area (Å²) in [6, 6.07) is 9.36. The van der Waals surface area contributed by atoms with Crippen LogP contribution in [0.15, 0.2) is 48.5 Å². The van der Waals surface area contributed by atoms with Gasteiger partial charge >= 0.3 is 0 Å². The van der Waals surface area contributed by atoms with Crippen LogP contribution in [0.1, 0.15) is 56.9 Å². The molecule has 4 aromatic rings. The second-order valence-electron chi connectivity index (χ2n) is 10.0. The van der Waals surface area contributed by atoms with Crippen molar-refractivity contribution in [1.29, 1.82) is 0 Å². The molecule has 2 aliphatic heterocycles. The minimum absolute atomic E-state index is 0.0232. The van der Waals surface area contributed by atoms with Gasteiger partial charge in [0.05, 0.1) is 12.8 Å². The van der Waals surface area contributed by atoms with E-state index in [1.165, 1.54) is 24.3 Å². The summed E-state index contributed by atoms with van der Waals surface area (Å²) in [5.74, 6) is -5.37. The maximum absolute atomic E-state index is 12.8. The van der Waals surface area contributed by atoms with Crippen molar-refractivity contribution < 1.29 is 59.9 Å². The number of rotatable bonds is 3. The summed E-state index contributed by atoms with van der Waals surface area (Å²) in [6.07, 6.45) is -2.94. The number of benzene rings is 4. The highest BCUT2D eigenvalue weighted by Gasteiger charge is 2.35. The van der Waals surface area contributed by atoms with E-state index in [1.807, 2.05) is 0 Å². The Morgan fingerprint density at radius 1 is 0.500 bits per heavy atom. The Morgan fingerprint density at radius 2 is 0.881 bits per heavy atom. The smallest absolute Gasteiger partial charge is 0.174 e. The Morgan fingerprint density at radius 3 is 1.26 bits per heavy atom. The van der Waals surface area contributed by atoms with Crippen molar-refractivity contribution in [3.8, 4) is 68.6 Å². The van der Waals surface area contributed by atoms with E-state index in [-0.39, 0.29) is 69.2 Å². The van der Waals surface area contributed by atoms with E-state index in [1.54, 1.807) is 0 Å². The van der Waals surface area contributed by atoms with Crippen LogP contribution >= 0.6 is 0 Å². The summed E-state index contributed by atoms with van der Waals surface area (Å²) < 4.78 is 11.6. The molecule has 2 unspecified atom stereocenters. The fourth-order valence-electron chi connectivity index (χ4n) is 5.30. The molecule has 0 radical (unpaired) electrons. The summed E-state index contributed by atoms with van der Waals surface area (Å²) in [5, 5.41) is 82.3. The van der Waals surface area contributed by atoms with Crippen LogP contribution in [-0.2, 0) is 0 Å². The lowest BCUT2D eigenvalue weighted by atomic mass is 9.90. The number of hydrogen-bond donors (Lipinski definition) is 8.